The maximum atomic E-state index is 4.34. The van der Waals surface area contributed by atoms with Gasteiger partial charge in [0.25, 0.3) is 0 Å². The maximum absolute atomic E-state index is 4.34. The van der Waals surface area contributed by atoms with Gasteiger partial charge in [-0.05, 0) is 24.5 Å². The highest BCUT2D eigenvalue weighted by atomic mass is 14.8. The van der Waals surface area contributed by atoms with E-state index in [0.717, 1.165) is 10.7 Å². The van der Waals surface area contributed by atoms with Crippen molar-refractivity contribution in [3.8, 4) is 0 Å². The van der Waals surface area contributed by atoms with Gasteiger partial charge in [0.15, 0.2) is 0 Å². The molecule has 0 N–H and O–H groups in total. The Hall–Kier alpha value is -1.44. The lowest BCUT2D eigenvalue weighted by molar-refractivity contribution is 0.931. The summed E-state index contributed by atoms with van der Waals surface area (Å²) in [5.41, 5.74) is 1.29. The highest BCUT2D eigenvalue weighted by molar-refractivity contribution is 5.51. The van der Waals surface area contributed by atoms with Crippen molar-refractivity contribution in [2.45, 2.75) is 13.8 Å². The van der Waals surface area contributed by atoms with Gasteiger partial charge < -0.3 is 0 Å². The molecule has 1 aliphatic carbocycles. The summed E-state index contributed by atoms with van der Waals surface area (Å²) in [5.74, 6) is 0.453. The third-order valence-electron chi connectivity index (χ3n) is 2.44. The van der Waals surface area contributed by atoms with Gasteiger partial charge in [0.2, 0.25) is 0 Å². The number of rotatable bonds is 0. The van der Waals surface area contributed by atoms with E-state index in [2.05, 4.69) is 36.0 Å². The summed E-state index contributed by atoms with van der Waals surface area (Å²) >= 11 is 0. The van der Waals surface area contributed by atoms with Crippen LogP contribution in [0.1, 0.15) is 13.8 Å². The van der Waals surface area contributed by atoms with Crippen LogP contribution in [0, 0.1) is 5.92 Å². The van der Waals surface area contributed by atoms with Crippen LogP contribution in [0.4, 0.5) is 0 Å². The lowest BCUT2D eigenvalue weighted by Crippen LogP contribution is -2.32. The number of allylic oxidation sites excluding steroid dienone is 2. The highest BCUT2D eigenvalue weighted by Gasteiger charge is 2.04. The molecule has 1 atom stereocenters. The summed E-state index contributed by atoms with van der Waals surface area (Å²) in [6.07, 6.45) is 9.70. The zero-order valence-corrected chi connectivity index (χ0v) is 7.86. The molecule has 0 aromatic carbocycles. The van der Waals surface area contributed by atoms with Crippen LogP contribution < -0.4 is 10.7 Å². The first-order chi connectivity index (χ1) is 6.29. The highest BCUT2D eigenvalue weighted by Crippen LogP contribution is 2.10. The van der Waals surface area contributed by atoms with Gasteiger partial charge in [0.05, 0.1) is 10.7 Å². The van der Waals surface area contributed by atoms with Crippen molar-refractivity contribution in [1.29, 1.82) is 0 Å². The molecule has 0 aliphatic heterocycles. The van der Waals surface area contributed by atoms with Crippen LogP contribution in [0.25, 0.3) is 11.6 Å². The first-order valence-electron chi connectivity index (χ1n) is 4.45. The van der Waals surface area contributed by atoms with Gasteiger partial charge in [0.1, 0.15) is 0 Å². The molecule has 0 saturated heterocycles. The Kier molecular flexibility index (Phi) is 1.97. The lowest BCUT2D eigenvalue weighted by Gasteiger charge is -2.03. The van der Waals surface area contributed by atoms with Crippen LogP contribution in [0.3, 0.4) is 0 Å². The SMILES string of the molecule is CC1=c2nccnc2=CC=C[C@@H]1C. The molecule has 0 saturated carbocycles. The van der Waals surface area contributed by atoms with Gasteiger partial charge in [-0.15, -0.1) is 0 Å². The van der Waals surface area contributed by atoms with E-state index in [9.17, 15) is 0 Å². The molecule has 0 fully saturated rings. The molecule has 13 heavy (non-hydrogen) atoms. The summed E-state index contributed by atoms with van der Waals surface area (Å²) in [7, 11) is 0. The standard InChI is InChI=1S/C11H12N2/c1-8-4-3-5-10-11(9(8)2)13-7-6-12-10/h3-8H,1-2H3/t8-/m0/s1. The summed E-state index contributed by atoms with van der Waals surface area (Å²) in [4.78, 5) is 8.61. The van der Waals surface area contributed by atoms with Crippen LogP contribution in [0.15, 0.2) is 24.5 Å². The second kappa shape index (κ2) is 3.13. The summed E-state index contributed by atoms with van der Waals surface area (Å²) < 4.78 is 0. The summed E-state index contributed by atoms with van der Waals surface area (Å²) in [6.45, 7) is 4.28. The Balaban J connectivity index is 2.86. The molecule has 1 aliphatic rings. The largest absolute Gasteiger partial charge is 0.253 e. The third kappa shape index (κ3) is 1.39. The third-order valence-corrected chi connectivity index (χ3v) is 2.44. The first kappa shape index (κ1) is 8.17. The van der Waals surface area contributed by atoms with Crippen molar-refractivity contribution >= 4 is 11.6 Å². The van der Waals surface area contributed by atoms with Gasteiger partial charge >= 0.3 is 0 Å². The molecule has 2 heteroatoms. The molecule has 66 valence electrons. The minimum Gasteiger partial charge on any atom is -0.253 e. The normalized spacial score (nSPS) is 20.5. The lowest BCUT2D eigenvalue weighted by atomic mass is 10.0. The van der Waals surface area contributed by atoms with E-state index in [1.165, 1.54) is 5.57 Å². The molecular weight excluding hydrogens is 160 g/mol. The molecule has 2 nitrogen and oxygen atoms in total. The number of fused-ring (bicyclic) bond motifs is 1. The van der Waals surface area contributed by atoms with Gasteiger partial charge in [-0.1, -0.05) is 19.1 Å². The molecule has 0 unspecified atom stereocenters. The van der Waals surface area contributed by atoms with E-state index in [0.29, 0.717) is 5.92 Å². The Morgan fingerprint density at radius 1 is 1.23 bits per heavy atom. The Morgan fingerprint density at radius 2 is 2.00 bits per heavy atom. The molecule has 0 spiro atoms. The van der Waals surface area contributed by atoms with E-state index < -0.39 is 0 Å². The molecule has 0 bridgehead atoms. The van der Waals surface area contributed by atoms with Crippen LogP contribution >= 0.6 is 0 Å². The van der Waals surface area contributed by atoms with E-state index in [4.69, 9.17) is 0 Å². The summed E-state index contributed by atoms with van der Waals surface area (Å²) in [5, 5.41) is 2.00. The van der Waals surface area contributed by atoms with E-state index >= 15 is 0 Å². The average Bonchev–Trinajstić information content (AvgIpc) is 2.29. The van der Waals surface area contributed by atoms with Gasteiger partial charge in [0, 0.05) is 12.4 Å². The molecule has 0 radical (unpaired) electrons. The Labute approximate surface area is 77.4 Å². The molecule has 1 heterocycles. The summed E-state index contributed by atoms with van der Waals surface area (Å²) in [6, 6.07) is 0. The molecular formula is C11H12N2. The minimum absolute atomic E-state index is 0.453. The van der Waals surface area contributed by atoms with Crippen molar-refractivity contribution in [2.75, 3.05) is 0 Å². The van der Waals surface area contributed by atoms with E-state index in [1.54, 1.807) is 12.4 Å². The van der Waals surface area contributed by atoms with Gasteiger partial charge in [-0.2, -0.15) is 0 Å². The Morgan fingerprint density at radius 3 is 2.85 bits per heavy atom. The number of hydrogen-bond donors (Lipinski definition) is 0. The monoisotopic (exact) mass is 172 g/mol. The van der Waals surface area contributed by atoms with Crippen LogP contribution in [0.2, 0.25) is 0 Å². The van der Waals surface area contributed by atoms with Crippen LogP contribution in [-0.2, 0) is 0 Å². The van der Waals surface area contributed by atoms with Crippen molar-refractivity contribution in [2.24, 2.45) is 5.92 Å². The zero-order valence-electron chi connectivity index (χ0n) is 7.86. The predicted octanol–water partition coefficient (Wildman–Crippen LogP) is 0.634. The van der Waals surface area contributed by atoms with Gasteiger partial charge in [-0.25, -0.2) is 0 Å². The fourth-order valence-corrected chi connectivity index (χ4v) is 1.45. The van der Waals surface area contributed by atoms with Crippen LogP contribution in [-0.4, -0.2) is 9.97 Å². The fourth-order valence-electron chi connectivity index (χ4n) is 1.45. The van der Waals surface area contributed by atoms with Gasteiger partial charge in [-0.3, -0.25) is 9.97 Å². The second-order valence-electron chi connectivity index (χ2n) is 3.31. The second-order valence-corrected chi connectivity index (χ2v) is 3.31. The molecule has 1 aromatic heterocycles. The van der Waals surface area contributed by atoms with Crippen molar-refractivity contribution in [1.82, 2.24) is 9.97 Å². The van der Waals surface area contributed by atoms with E-state index in [-0.39, 0.29) is 0 Å². The van der Waals surface area contributed by atoms with Crippen LogP contribution in [0.5, 0.6) is 0 Å². The topological polar surface area (TPSA) is 25.8 Å². The van der Waals surface area contributed by atoms with Crippen molar-refractivity contribution < 1.29 is 0 Å². The first-order valence-corrected chi connectivity index (χ1v) is 4.45. The molecule has 0 amide bonds. The Bertz CT molecular complexity index is 457. The smallest absolute Gasteiger partial charge is 0.0886 e. The number of hydrogen-bond acceptors (Lipinski definition) is 2. The number of nitrogens with zero attached hydrogens (tertiary/aromatic N) is 2. The molecule has 2 rings (SSSR count). The number of aromatic nitrogens is 2. The zero-order chi connectivity index (χ0) is 9.26. The maximum Gasteiger partial charge on any atom is 0.0886 e. The minimum atomic E-state index is 0.453. The quantitative estimate of drug-likeness (QED) is 0.573. The van der Waals surface area contributed by atoms with Crippen molar-refractivity contribution in [3.05, 3.63) is 35.2 Å². The van der Waals surface area contributed by atoms with Crippen molar-refractivity contribution in [3.63, 3.8) is 0 Å². The fraction of sp³-hybridized carbons (Fsp3) is 0.273. The average molecular weight is 172 g/mol. The predicted molar refractivity (Wildman–Crippen MR) is 53.1 cm³/mol. The molecule has 1 aromatic rings. The van der Waals surface area contributed by atoms with E-state index in [1.807, 2.05) is 6.08 Å².